The van der Waals surface area contributed by atoms with Gasteiger partial charge in [0.15, 0.2) is 6.61 Å². The fourth-order valence-electron chi connectivity index (χ4n) is 3.47. The molecule has 0 aliphatic carbocycles. The molecule has 9 heteroatoms. The molecule has 1 amide bonds. The third-order valence-electron chi connectivity index (χ3n) is 5.32. The molecule has 0 aromatic heterocycles. The lowest BCUT2D eigenvalue weighted by Gasteiger charge is -2.19. The first-order chi connectivity index (χ1) is 15.2. The molecule has 1 atom stereocenters. The fourth-order valence-corrected chi connectivity index (χ4v) is 4.67. The first kappa shape index (κ1) is 23.7. The molecule has 32 heavy (non-hydrogen) atoms. The van der Waals surface area contributed by atoms with E-state index in [1.54, 1.807) is 12.1 Å². The van der Waals surface area contributed by atoms with Crippen molar-refractivity contribution in [3.63, 3.8) is 0 Å². The maximum Gasteiger partial charge on any atom is 0.324 e. The van der Waals surface area contributed by atoms with E-state index in [1.807, 2.05) is 32.0 Å². The van der Waals surface area contributed by atoms with E-state index in [0.29, 0.717) is 5.69 Å². The molecule has 1 heterocycles. The Hall–Kier alpha value is -2.91. The Labute approximate surface area is 189 Å². The van der Waals surface area contributed by atoms with Gasteiger partial charge in [-0.05, 0) is 69.5 Å². The molecule has 1 aliphatic heterocycles. The molecule has 8 nitrogen and oxygen atoms in total. The van der Waals surface area contributed by atoms with Crippen molar-refractivity contribution in [3.05, 3.63) is 53.6 Å². The third-order valence-corrected chi connectivity index (χ3v) is 6.87. The molecule has 2 aromatic carbocycles. The monoisotopic (exact) mass is 459 g/mol. The van der Waals surface area contributed by atoms with Crippen LogP contribution in [0.25, 0.3) is 0 Å². The Morgan fingerprint density at radius 3 is 2.34 bits per heavy atom. The van der Waals surface area contributed by atoms with Gasteiger partial charge in [-0.25, -0.2) is 8.42 Å². The van der Waals surface area contributed by atoms with Crippen LogP contribution in [0.3, 0.4) is 0 Å². The molecule has 0 saturated carbocycles. The number of carbonyl (C=O) groups is 2. The molecule has 0 unspecified atom stereocenters. The van der Waals surface area contributed by atoms with Crippen molar-refractivity contribution in [1.29, 1.82) is 0 Å². The highest BCUT2D eigenvalue weighted by atomic mass is 32.2. The second-order valence-electron chi connectivity index (χ2n) is 8.01. The zero-order valence-corrected chi connectivity index (χ0v) is 19.4. The van der Waals surface area contributed by atoms with E-state index in [9.17, 15) is 18.0 Å². The predicted molar refractivity (Wildman–Crippen MR) is 123 cm³/mol. The van der Waals surface area contributed by atoms with Crippen molar-refractivity contribution < 1.29 is 22.7 Å². The van der Waals surface area contributed by atoms with E-state index in [-0.39, 0.29) is 4.90 Å². The van der Waals surface area contributed by atoms with Crippen LogP contribution in [0, 0.1) is 13.8 Å². The largest absolute Gasteiger partial charge is 0.454 e. The van der Waals surface area contributed by atoms with Gasteiger partial charge in [0, 0.05) is 24.5 Å². The number of nitrogens with one attached hydrogen (secondary N) is 2. The Bertz CT molecular complexity index is 1080. The Morgan fingerprint density at radius 2 is 1.72 bits per heavy atom. The quantitative estimate of drug-likeness (QED) is 0.588. The van der Waals surface area contributed by atoms with Crippen LogP contribution in [0.5, 0.6) is 0 Å². The molecular weight excluding hydrogens is 430 g/mol. The van der Waals surface area contributed by atoms with Crippen molar-refractivity contribution in [2.45, 2.75) is 44.6 Å². The summed E-state index contributed by atoms with van der Waals surface area (Å²) in [6, 6.07) is 10.9. The molecule has 1 fully saturated rings. The van der Waals surface area contributed by atoms with E-state index in [0.717, 1.165) is 29.9 Å². The van der Waals surface area contributed by atoms with Crippen molar-refractivity contribution in [1.82, 2.24) is 4.72 Å². The number of anilines is 2. The minimum Gasteiger partial charge on any atom is -0.454 e. The van der Waals surface area contributed by atoms with Crippen molar-refractivity contribution >= 4 is 33.3 Å². The Kier molecular flexibility index (Phi) is 7.52. The summed E-state index contributed by atoms with van der Waals surface area (Å²) in [6.45, 7) is 6.68. The summed E-state index contributed by atoms with van der Waals surface area (Å²) in [6.07, 6.45) is 2.37. The van der Waals surface area contributed by atoms with Gasteiger partial charge in [0.05, 0.1) is 4.90 Å². The predicted octanol–water partition coefficient (Wildman–Crippen LogP) is 2.75. The summed E-state index contributed by atoms with van der Waals surface area (Å²) in [7, 11) is -3.88. The summed E-state index contributed by atoms with van der Waals surface area (Å²) in [5.74, 6) is -1.33. The number of nitrogens with zero attached hydrogens (tertiary/aromatic N) is 1. The SMILES string of the molecule is Cc1ccc(S(=O)(=O)N[C@@H](C)C(=O)OCC(=O)Nc2ccc(N3CCCC3)cc2C)cc1. The fraction of sp³-hybridized carbons (Fsp3) is 0.391. The number of carbonyl (C=O) groups excluding carboxylic acids is 2. The molecule has 1 saturated heterocycles. The highest BCUT2D eigenvalue weighted by Gasteiger charge is 2.24. The third kappa shape index (κ3) is 6.08. The van der Waals surface area contributed by atoms with Gasteiger partial charge >= 0.3 is 5.97 Å². The highest BCUT2D eigenvalue weighted by molar-refractivity contribution is 7.89. The maximum atomic E-state index is 12.4. The number of benzene rings is 2. The van der Waals surface area contributed by atoms with E-state index in [2.05, 4.69) is 14.9 Å². The van der Waals surface area contributed by atoms with Crippen LogP contribution >= 0.6 is 0 Å². The van der Waals surface area contributed by atoms with Gasteiger partial charge in [0.25, 0.3) is 5.91 Å². The van der Waals surface area contributed by atoms with Gasteiger partial charge in [0.2, 0.25) is 10.0 Å². The first-order valence-corrected chi connectivity index (χ1v) is 12.0. The number of esters is 1. The van der Waals surface area contributed by atoms with E-state index in [1.165, 1.54) is 31.9 Å². The van der Waals surface area contributed by atoms with Crippen molar-refractivity contribution in [3.8, 4) is 0 Å². The number of aryl methyl sites for hydroxylation is 2. The lowest BCUT2D eigenvalue weighted by Crippen LogP contribution is -2.40. The zero-order chi connectivity index (χ0) is 23.3. The number of rotatable bonds is 8. The average Bonchev–Trinajstić information content (AvgIpc) is 3.28. The van der Waals surface area contributed by atoms with Gasteiger partial charge in [-0.2, -0.15) is 4.72 Å². The average molecular weight is 460 g/mol. The van der Waals surface area contributed by atoms with Crippen LogP contribution < -0.4 is 14.9 Å². The van der Waals surface area contributed by atoms with E-state index >= 15 is 0 Å². The van der Waals surface area contributed by atoms with Crippen LogP contribution in [-0.2, 0) is 24.3 Å². The van der Waals surface area contributed by atoms with Gasteiger partial charge < -0.3 is 15.0 Å². The zero-order valence-electron chi connectivity index (χ0n) is 18.6. The number of hydrogen-bond donors (Lipinski definition) is 2. The van der Waals surface area contributed by atoms with Gasteiger partial charge in [-0.1, -0.05) is 17.7 Å². The smallest absolute Gasteiger partial charge is 0.324 e. The molecule has 3 rings (SSSR count). The van der Waals surface area contributed by atoms with Crippen LogP contribution in [0.2, 0.25) is 0 Å². The van der Waals surface area contributed by atoms with Crippen molar-refractivity contribution in [2.24, 2.45) is 0 Å². The molecule has 0 spiro atoms. The van der Waals surface area contributed by atoms with Crippen molar-refractivity contribution in [2.75, 3.05) is 29.9 Å². The Balaban J connectivity index is 1.50. The minimum absolute atomic E-state index is 0.0494. The second-order valence-corrected chi connectivity index (χ2v) is 9.72. The standard InChI is InChI=1S/C23H29N3O5S/c1-16-6-9-20(10-7-16)32(29,30)25-18(3)23(28)31-15-22(27)24-21-11-8-19(14-17(21)2)26-12-4-5-13-26/h6-11,14,18,25H,4-5,12-13,15H2,1-3H3,(H,24,27)/t18-/m0/s1. The number of ether oxygens (including phenoxy) is 1. The molecule has 2 aromatic rings. The normalized spacial score (nSPS) is 14.8. The molecular formula is C23H29N3O5S. The van der Waals surface area contributed by atoms with Crippen LogP contribution in [0.15, 0.2) is 47.4 Å². The van der Waals surface area contributed by atoms with Crippen LogP contribution in [-0.4, -0.2) is 46.0 Å². The number of sulfonamides is 1. The summed E-state index contributed by atoms with van der Waals surface area (Å²) in [4.78, 5) is 26.8. The maximum absolute atomic E-state index is 12.4. The van der Waals surface area contributed by atoms with Gasteiger partial charge in [-0.3, -0.25) is 9.59 Å². The molecule has 1 aliphatic rings. The molecule has 0 radical (unpaired) electrons. The second kappa shape index (κ2) is 10.1. The highest BCUT2D eigenvalue weighted by Crippen LogP contribution is 2.25. The number of hydrogen-bond acceptors (Lipinski definition) is 6. The first-order valence-electron chi connectivity index (χ1n) is 10.6. The van der Waals surface area contributed by atoms with Gasteiger partial charge in [0.1, 0.15) is 6.04 Å². The topological polar surface area (TPSA) is 105 Å². The lowest BCUT2D eigenvalue weighted by molar-refractivity contribution is -0.148. The molecule has 172 valence electrons. The summed E-state index contributed by atoms with van der Waals surface area (Å²) in [5.41, 5.74) is 3.60. The Morgan fingerprint density at radius 1 is 1.06 bits per heavy atom. The van der Waals surface area contributed by atoms with E-state index in [4.69, 9.17) is 4.74 Å². The molecule has 2 N–H and O–H groups in total. The van der Waals surface area contributed by atoms with E-state index < -0.39 is 34.5 Å². The van der Waals surface area contributed by atoms with Crippen LogP contribution in [0.4, 0.5) is 11.4 Å². The summed E-state index contributed by atoms with van der Waals surface area (Å²) >= 11 is 0. The molecule has 0 bridgehead atoms. The van der Waals surface area contributed by atoms with Crippen LogP contribution in [0.1, 0.15) is 30.9 Å². The minimum atomic E-state index is -3.88. The summed E-state index contributed by atoms with van der Waals surface area (Å²) < 4.78 is 32.1. The van der Waals surface area contributed by atoms with Gasteiger partial charge in [-0.15, -0.1) is 0 Å². The number of amides is 1. The summed E-state index contributed by atoms with van der Waals surface area (Å²) in [5, 5.41) is 2.73. The lowest BCUT2D eigenvalue weighted by atomic mass is 10.1.